The normalized spacial score (nSPS) is 16.9. The maximum absolute atomic E-state index is 8.78. The number of benzene rings is 1. The summed E-state index contributed by atoms with van der Waals surface area (Å²) < 4.78 is 0.857. The van der Waals surface area contributed by atoms with Crippen LogP contribution in [0.15, 0.2) is 22.7 Å². The second kappa shape index (κ2) is 3.86. The highest BCUT2D eigenvalue weighted by molar-refractivity contribution is 9.10. The van der Waals surface area contributed by atoms with Crippen molar-refractivity contribution in [2.24, 2.45) is 5.41 Å². The van der Waals surface area contributed by atoms with Gasteiger partial charge in [0.1, 0.15) is 6.07 Å². The third-order valence-electron chi connectivity index (χ3n) is 2.91. The van der Waals surface area contributed by atoms with E-state index in [2.05, 4.69) is 34.2 Å². The van der Waals surface area contributed by atoms with Gasteiger partial charge in [-0.25, -0.2) is 0 Å². The van der Waals surface area contributed by atoms with Crippen LogP contribution in [0.5, 0.6) is 0 Å². The number of hydrogen-bond donors (Lipinski definition) is 1. The van der Waals surface area contributed by atoms with Gasteiger partial charge in [-0.3, -0.25) is 0 Å². The van der Waals surface area contributed by atoms with E-state index in [1.165, 1.54) is 12.8 Å². The molecule has 3 heteroatoms. The lowest BCUT2D eigenvalue weighted by molar-refractivity contribution is 0.611. The van der Waals surface area contributed by atoms with Crippen molar-refractivity contribution in [2.75, 3.05) is 11.9 Å². The third-order valence-corrected chi connectivity index (χ3v) is 3.57. The number of halogens is 1. The first kappa shape index (κ1) is 10.5. The van der Waals surface area contributed by atoms with E-state index in [0.29, 0.717) is 11.0 Å². The summed E-state index contributed by atoms with van der Waals surface area (Å²) in [5.74, 6) is 0. The van der Waals surface area contributed by atoms with Gasteiger partial charge in [-0.1, -0.05) is 6.92 Å². The van der Waals surface area contributed by atoms with Gasteiger partial charge in [-0.2, -0.15) is 5.26 Å². The Morgan fingerprint density at radius 2 is 2.27 bits per heavy atom. The number of anilines is 1. The highest BCUT2D eigenvalue weighted by Gasteiger charge is 2.36. The molecule has 0 unspecified atom stereocenters. The fourth-order valence-corrected chi connectivity index (χ4v) is 1.89. The molecule has 2 rings (SSSR count). The van der Waals surface area contributed by atoms with Gasteiger partial charge in [0.25, 0.3) is 0 Å². The summed E-state index contributed by atoms with van der Waals surface area (Å²) in [7, 11) is 0. The van der Waals surface area contributed by atoms with Gasteiger partial charge in [0.05, 0.1) is 5.56 Å². The molecule has 0 aromatic heterocycles. The minimum absolute atomic E-state index is 0.500. The van der Waals surface area contributed by atoms with Gasteiger partial charge in [-0.15, -0.1) is 0 Å². The largest absolute Gasteiger partial charge is 0.384 e. The molecule has 2 nitrogen and oxygen atoms in total. The van der Waals surface area contributed by atoms with Gasteiger partial charge in [0.2, 0.25) is 0 Å². The molecule has 0 spiro atoms. The highest BCUT2D eigenvalue weighted by Crippen LogP contribution is 2.44. The molecule has 15 heavy (non-hydrogen) atoms. The van der Waals surface area contributed by atoms with Gasteiger partial charge in [0.15, 0.2) is 0 Å². The molecule has 1 aliphatic carbocycles. The molecule has 1 fully saturated rings. The quantitative estimate of drug-likeness (QED) is 0.907. The first-order valence-corrected chi connectivity index (χ1v) is 5.86. The summed E-state index contributed by atoms with van der Waals surface area (Å²) in [6.45, 7) is 3.31. The average Bonchev–Trinajstić information content (AvgIpc) is 2.95. The lowest BCUT2D eigenvalue weighted by Gasteiger charge is -2.11. The van der Waals surface area contributed by atoms with E-state index in [0.717, 1.165) is 16.7 Å². The van der Waals surface area contributed by atoms with Crippen molar-refractivity contribution in [1.82, 2.24) is 0 Å². The molecule has 78 valence electrons. The van der Waals surface area contributed by atoms with Gasteiger partial charge >= 0.3 is 0 Å². The standard InChI is InChI=1S/C12H13BrN2/c1-12(4-5-12)8-15-10-3-2-9(7-14)11(13)6-10/h2-3,6,15H,4-5,8H2,1H3. The predicted molar refractivity (Wildman–Crippen MR) is 64.7 cm³/mol. The second-order valence-corrected chi connectivity index (χ2v) is 5.32. The van der Waals surface area contributed by atoms with Crippen LogP contribution in [0, 0.1) is 16.7 Å². The van der Waals surface area contributed by atoms with E-state index in [-0.39, 0.29) is 0 Å². The lowest BCUT2D eigenvalue weighted by atomic mass is 10.1. The number of rotatable bonds is 3. The molecule has 1 aromatic rings. The van der Waals surface area contributed by atoms with Crippen LogP contribution in [0.2, 0.25) is 0 Å². The molecule has 1 N–H and O–H groups in total. The van der Waals surface area contributed by atoms with Gasteiger partial charge < -0.3 is 5.32 Å². The molecular weight excluding hydrogens is 252 g/mol. The fraction of sp³-hybridized carbons (Fsp3) is 0.417. The Morgan fingerprint density at radius 3 is 2.80 bits per heavy atom. The Labute approximate surface area is 98.4 Å². The van der Waals surface area contributed by atoms with E-state index in [9.17, 15) is 0 Å². The van der Waals surface area contributed by atoms with Gasteiger partial charge in [-0.05, 0) is 52.4 Å². The number of hydrogen-bond acceptors (Lipinski definition) is 2. The summed E-state index contributed by atoms with van der Waals surface area (Å²) in [5, 5.41) is 12.2. The minimum atomic E-state index is 0.500. The number of nitriles is 1. The SMILES string of the molecule is CC1(CNc2ccc(C#N)c(Br)c2)CC1. The molecule has 1 aliphatic rings. The van der Waals surface area contributed by atoms with Crippen molar-refractivity contribution in [1.29, 1.82) is 5.26 Å². The van der Waals surface area contributed by atoms with Crippen molar-refractivity contribution >= 4 is 21.6 Å². The highest BCUT2D eigenvalue weighted by atomic mass is 79.9. The molecule has 0 bridgehead atoms. The average molecular weight is 265 g/mol. The molecular formula is C12H13BrN2. The van der Waals surface area contributed by atoms with E-state index in [4.69, 9.17) is 5.26 Å². The van der Waals surface area contributed by atoms with Crippen LogP contribution in [-0.2, 0) is 0 Å². The maximum atomic E-state index is 8.78. The van der Waals surface area contributed by atoms with Crippen LogP contribution >= 0.6 is 15.9 Å². The zero-order valence-corrected chi connectivity index (χ0v) is 10.3. The Balaban J connectivity index is 2.03. The summed E-state index contributed by atoms with van der Waals surface area (Å²) in [4.78, 5) is 0. The van der Waals surface area contributed by atoms with Crippen molar-refractivity contribution in [3.63, 3.8) is 0 Å². The molecule has 1 saturated carbocycles. The van der Waals surface area contributed by atoms with Crippen LogP contribution in [0.3, 0.4) is 0 Å². The zero-order valence-electron chi connectivity index (χ0n) is 8.68. The third kappa shape index (κ3) is 2.51. The minimum Gasteiger partial charge on any atom is -0.384 e. The summed E-state index contributed by atoms with van der Waals surface area (Å²) in [5.41, 5.74) is 2.26. The first-order chi connectivity index (χ1) is 7.13. The monoisotopic (exact) mass is 264 g/mol. The lowest BCUT2D eigenvalue weighted by Crippen LogP contribution is -2.11. The Hall–Kier alpha value is -1.01. The van der Waals surface area contributed by atoms with E-state index < -0.39 is 0 Å². The van der Waals surface area contributed by atoms with Crippen molar-refractivity contribution < 1.29 is 0 Å². The fourth-order valence-electron chi connectivity index (χ4n) is 1.42. The molecule has 0 heterocycles. The Bertz CT molecular complexity index is 416. The second-order valence-electron chi connectivity index (χ2n) is 4.47. The van der Waals surface area contributed by atoms with Crippen LogP contribution in [0.1, 0.15) is 25.3 Å². The number of nitrogens with one attached hydrogen (secondary N) is 1. The Morgan fingerprint density at radius 1 is 1.53 bits per heavy atom. The predicted octanol–water partition coefficient (Wildman–Crippen LogP) is 3.53. The van der Waals surface area contributed by atoms with Crippen LogP contribution < -0.4 is 5.32 Å². The van der Waals surface area contributed by atoms with E-state index >= 15 is 0 Å². The van der Waals surface area contributed by atoms with Crippen molar-refractivity contribution in [3.05, 3.63) is 28.2 Å². The first-order valence-electron chi connectivity index (χ1n) is 5.06. The van der Waals surface area contributed by atoms with Crippen molar-refractivity contribution in [3.8, 4) is 6.07 Å². The topological polar surface area (TPSA) is 35.8 Å². The number of nitrogens with zero attached hydrogens (tertiary/aromatic N) is 1. The van der Waals surface area contributed by atoms with Crippen LogP contribution in [0.4, 0.5) is 5.69 Å². The molecule has 0 saturated heterocycles. The Kier molecular flexibility index (Phi) is 2.70. The molecule has 0 radical (unpaired) electrons. The maximum Gasteiger partial charge on any atom is 0.100 e. The van der Waals surface area contributed by atoms with Crippen LogP contribution in [0.25, 0.3) is 0 Å². The molecule has 0 atom stereocenters. The van der Waals surface area contributed by atoms with E-state index in [1.807, 2.05) is 18.2 Å². The summed E-state index contributed by atoms with van der Waals surface area (Å²) in [6.07, 6.45) is 2.63. The van der Waals surface area contributed by atoms with Crippen LogP contribution in [-0.4, -0.2) is 6.54 Å². The molecule has 0 aliphatic heterocycles. The summed E-state index contributed by atoms with van der Waals surface area (Å²) >= 11 is 3.38. The van der Waals surface area contributed by atoms with E-state index in [1.54, 1.807) is 0 Å². The zero-order chi connectivity index (χ0) is 10.9. The smallest absolute Gasteiger partial charge is 0.100 e. The van der Waals surface area contributed by atoms with Crippen molar-refractivity contribution in [2.45, 2.75) is 19.8 Å². The molecule has 0 amide bonds. The molecule has 1 aromatic carbocycles. The van der Waals surface area contributed by atoms with Gasteiger partial charge in [0, 0.05) is 16.7 Å². The summed E-state index contributed by atoms with van der Waals surface area (Å²) in [6, 6.07) is 7.88.